The van der Waals surface area contributed by atoms with Crippen molar-refractivity contribution in [3.8, 4) is 0 Å². The predicted octanol–water partition coefficient (Wildman–Crippen LogP) is 2.88. The van der Waals surface area contributed by atoms with E-state index >= 15 is 0 Å². The van der Waals surface area contributed by atoms with Crippen LogP contribution in [0.1, 0.15) is 53.7 Å². The van der Waals surface area contributed by atoms with Gasteiger partial charge in [0.15, 0.2) is 0 Å². The Bertz CT molecular complexity index is 888. The van der Waals surface area contributed by atoms with E-state index < -0.39 is 17.5 Å². The maximum absolute atomic E-state index is 13.0. The van der Waals surface area contributed by atoms with Gasteiger partial charge >= 0.3 is 6.03 Å². The molecule has 0 radical (unpaired) electrons. The summed E-state index contributed by atoms with van der Waals surface area (Å²) >= 11 is 0. The number of imide groups is 1. The first-order valence-electron chi connectivity index (χ1n) is 8.85. The minimum absolute atomic E-state index is 0.128. The van der Waals surface area contributed by atoms with Crippen molar-refractivity contribution in [1.82, 2.24) is 10.2 Å². The van der Waals surface area contributed by atoms with Crippen LogP contribution in [0.25, 0.3) is 0 Å². The van der Waals surface area contributed by atoms with Gasteiger partial charge in [0.1, 0.15) is 5.54 Å². The van der Waals surface area contributed by atoms with Crippen LogP contribution >= 0.6 is 0 Å². The first-order chi connectivity index (χ1) is 12.7. The highest BCUT2D eigenvalue weighted by molar-refractivity contribution is 6.07. The Kier molecular flexibility index (Phi) is 4.74. The number of nitrogens with zero attached hydrogens (tertiary/aromatic N) is 1. The highest BCUT2D eigenvalue weighted by Gasteiger charge is 2.48. The van der Waals surface area contributed by atoms with Crippen molar-refractivity contribution in [2.24, 2.45) is 5.73 Å². The second kappa shape index (κ2) is 6.87. The number of benzene rings is 2. The van der Waals surface area contributed by atoms with E-state index in [4.69, 9.17) is 5.73 Å². The Morgan fingerprint density at radius 3 is 2.19 bits per heavy atom. The van der Waals surface area contributed by atoms with Crippen molar-refractivity contribution in [1.29, 1.82) is 0 Å². The summed E-state index contributed by atoms with van der Waals surface area (Å²) in [7, 11) is 0. The number of hydrogen-bond acceptors (Lipinski definition) is 3. The molecule has 3 rings (SSSR count). The fourth-order valence-corrected chi connectivity index (χ4v) is 3.19. The SMILES string of the molecule is CC(C)c1ccc(C2(C)NC(=O)N(Cc3ccc(C(N)=O)cc3)C2=O)cc1. The smallest absolute Gasteiger partial charge is 0.325 e. The number of primary amides is 1. The van der Waals surface area contributed by atoms with E-state index in [0.29, 0.717) is 11.5 Å². The van der Waals surface area contributed by atoms with Crippen LogP contribution in [-0.4, -0.2) is 22.7 Å². The third kappa shape index (κ3) is 3.43. The van der Waals surface area contributed by atoms with Gasteiger partial charge in [0.2, 0.25) is 5.91 Å². The molecule has 0 saturated carbocycles. The van der Waals surface area contributed by atoms with E-state index in [1.165, 1.54) is 10.5 Å². The number of carbonyl (C=O) groups excluding carboxylic acids is 3. The lowest BCUT2D eigenvalue weighted by Crippen LogP contribution is -2.40. The molecule has 2 aromatic carbocycles. The van der Waals surface area contributed by atoms with Crippen molar-refractivity contribution < 1.29 is 14.4 Å². The summed E-state index contributed by atoms with van der Waals surface area (Å²) in [6.07, 6.45) is 0. The average Bonchev–Trinajstić information content (AvgIpc) is 2.86. The summed E-state index contributed by atoms with van der Waals surface area (Å²) in [4.78, 5) is 37.8. The maximum Gasteiger partial charge on any atom is 0.325 e. The fourth-order valence-electron chi connectivity index (χ4n) is 3.19. The van der Waals surface area contributed by atoms with E-state index in [1.54, 1.807) is 31.2 Å². The Balaban J connectivity index is 1.82. The van der Waals surface area contributed by atoms with E-state index in [9.17, 15) is 14.4 Å². The zero-order valence-corrected chi connectivity index (χ0v) is 15.7. The minimum atomic E-state index is -1.10. The van der Waals surface area contributed by atoms with Gasteiger partial charge in [-0.15, -0.1) is 0 Å². The molecule has 1 saturated heterocycles. The van der Waals surface area contributed by atoms with Crippen LogP contribution in [0.5, 0.6) is 0 Å². The summed E-state index contributed by atoms with van der Waals surface area (Å²) in [6.45, 7) is 6.05. The van der Waals surface area contributed by atoms with Gasteiger partial charge in [-0.25, -0.2) is 4.79 Å². The largest absolute Gasteiger partial charge is 0.366 e. The lowest BCUT2D eigenvalue weighted by atomic mass is 9.90. The molecule has 1 fully saturated rings. The zero-order chi connectivity index (χ0) is 19.8. The van der Waals surface area contributed by atoms with E-state index in [2.05, 4.69) is 19.2 Å². The Morgan fingerprint density at radius 1 is 1.07 bits per heavy atom. The number of nitrogens with one attached hydrogen (secondary N) is 1. The van der Waals surface area contributed by atoms with Crippen LogP contribution in [0.2, 0.25) is 0 Å². The van der Waals surface area contributed by atoms with Crippen molar-refractivity contribution in [2.75, 3.05) is 0 Å². The lowest BCUT2D eigenvalue weighted by molar-refractivity contribution is -0.131. The van der Waals surface area contributed by atoms with Crippen LogP contribution in [-0.2, 0) is 16.9 Å². The van der Waals surface area contributed by atoms with Crippen molar-refractivity contribution >= 4 is 17.8 Å². The third-order valence-electron chi connectivity index (χ3n) is 5.01. The van der Waals surface area contributed by atoms with Crippen LogP contribution in [0.3, 0.4) is 0 Å². The topological polar surface area (TPSA) is 92.5 Å². The molecule has 27 heavy (non-hydrogen) atoms. The van der Waals surface area contributed by atoms with Crippen molar-refractivity contribution in [3.05, 3.63) is 70.8 Å². The first-order valence-corrected chi connectivity index (χ1v) is 8.85. The van der Waals surface area contributed by atoms with Gasteiger partial charge in [-0.3, -0.25) is 14.5 Å². The normalized spacial score (nSPS) is 19.5. The Hall–Kier alpha value is -3.15. The van der Waals surface area contributed by atoms with E-state index in [0.717, 1.165) is 11.1 Å². The quantitative estimate of drug-likeness (QED) is 0.798. The summed E-state index contributed by atoms with van der Waals surface area (Å²) in [6, 6.07) is 13.8. The number of hydrogen-bond donors (Lipinski definition) is 2. The van der Waals surface area contributed by atoms with E-state index in [-0.39, 0.29) is 12.5 Å². The number of carbonyl (C=O) groups is 3. The molecular weight excluding hydrogens is 342 g/mol. The van der Waals surface area contributed by atoms with Crippen LogP contribution < -0.4 is 11.1 Å². The molecule has 140 valence electrons. The number of urea groups is 1. The Morgan fingerprint density at radius 2 is 1.67 bits per heavy atom. The van der Waals surface area contributed by atoms with Gasteiger partial charge < -0.3 is 11.1 Å². The molecule has 1 atom stereocenters. The van der Waals surface area contributed by atoms with Crippen LogP contribution in [0.4, 0.5) is 4.79 Å². The van der Waals surface area contributed by atoms with Crippen molar-refractivity contribution in [3.63, 3.8) is 0 Å². The molecular formula is C21H23N3O3. The second-order valence-electron chi connectivity index (χ2n) is 7.28. The molecule has 3 N–H and O–H groups in total. The second-order valence-corrected chi connectivity index (χ2v) is 7.28. The monoisotopic (exact) mass is 365 g/mol. The maximum atomic E-state index is 13.0. The molecule has 4 amide bonds. The molecule has 6 heteroatoms. The first kappa shape index (κ1) is 18.6. The molecule has 1 unspecified atom stereocenters. The highest BCUT2D eigenvalue weighted by atomic mass is 16.2. The van der Waals surface area contributed by atoms with Crippen LogP contribution in [0, 0.1) is 0 Å². The molecule has 0 aromatic heterocycles. The summed E-state index contributed by atoms with van der Waals surface area (Å²) in [5.74, 6) is -0.432. The summed E-state index contributed by atoms with van der Waals surface area (Å²) in [5, 5.41) is 2.81. The number of nitrogens with two attached hydrogens (primary N) is 1. The predicted molar refractivity (Wildman–Crippen MR) is 102 cm³/mol. The number of rotatable bonds is 5. The molecule has 6 nitrogen and oxygen atoms in total. The van der Waals surface area contributed by atoms with Gasteiger partial charge in [-0.1, -0.05) is 50.2 Å². The minimum Gasteiger partial charge on any atom is -0.366 e. The van der Waals surface area contributed by atoms with Gasteiger partial charge in [0.25, 0.3) is 5.91 Å². The fraction of sp³-hybridized carbons (Fsp3) is 0.286. The van der Waals surface area contributed by atoms with Gasteiger partial charge in [0, 0.05) is 5.56 Å². The molecule has 0 bridgehead atoms. The third-order valence-corrected chi connectivity index (χ3v) is 5.01. The highest BCUT2D eigenvalue weighted by Crippen LogP contribution is 2.30. The lowest BCUT2D eigenvalue weighted by Gasteiger charge is -2.23. The molecule has 1 aliphatic rings. The molecule has 1 aliphatic heterocycles. The zero-order valence-electron chi connectivity index (χ0n) is 15.7. The van der Waals surface area contributed by atoms with Gasteiger partial charge in [-0.05, 0) is 41.7 Å². The van der Waals surface area contributed by atoms with Gasteiger partial charge in [0.05, 0.1) is 6.54 Å². The molecule has 0 aliphatic carbocycles. The van der Waals surface area contributed by atoms with E-state index in [1.807, 2.05) is 24.3 Å². The standard InChI is InChI=1S/C21H23N3O3/c1-13(2)15-8-10-17(11-9-15)21(3)19(26)24(20(27)23-21)12-14-4-6-16(7-5-14)18(22)25/h4-11,13H,12H2,1-3H3,(H2,22,25)(H,23,27). The average molecular weight is 365 g/mol. The molecule has 0 spiro atoms. The number of amides is 4. The summed E-state index contributed by atoms with van der Waals surface area (Å²) in [5.41, 5.74) is 7.17. The molecule has 2 aromatic rings. The molecule has 1 heterocycles. The Labute approximate surface area is 158 Å². The van der Waals surface area contributed by atoms with Crippen molar-refractivity contribution in [2.45, 2.75) is 38.8 Å². The van der Waals surface area contributed by atoms with Crippen LogP contribution in [0.15, 0.2) is 48.5 Å². The summed E-state index contributed by atoms with van der Waals surface area (Å²) < 4.78 is 0. The van der Waals surface area contributed by atoms with Gasteiger partial charge in [-0.2, -0.15) is 0 Å².